The van der Waals surface area contributed by atoms with Crippen molar-refractivity contribution in [2.24, 2.45) is 0 Å². The van der Waals surface area contributed by atoms with Crippen LogP contribution >= 0.6 is 11.6 Å². The SMILES string of the molecule is CCCc1nc2ccccn2c1C(=O)Nc1cccc(Cl)c1. The highest BCUT2D eigenvalue weighted by Crippen LogP contribution is 2.19. The second-order valence-electron chi connectivity index (χ2n) is 5.05. The summed E-state index contributed by atoms with van der Waals surface area (Å²) in [6, 6.07) is 12.8. The Morgan fingerprint density at radius 1 is 1.27 bits per heavy atom. The molecule has 22 heavy (non-hydrogen) atoms. The van der Waals surface area contributed by atoms with E-state index in [-0.39, 0.29) is 5.91 Å². The Balaban J connectivity index is 2.00. The van der Waals surface area contributed by atoms with Gasteiger partial charge in [-0.25, -0.2) is 4.98 Å². The first kappa shape index (κ1) is 14.6. The van der Waals surface area contributed by atoms with Crippen molar-refractivity contribution in [1.29, 1.82) is 0 Å². The van der Waals surface area contributed by atoms with Gasteiger partial charge in [0.1, 0.15) is 11.3 Å². The third-order valence-electron chi connectivity index (χ3n) is 3.39. The van der Waals surface area contributed by atoms with E-state index in [1.54, 1.807) is 18.2 Å². The summed E-state index contributed by atoms with van der Waals surface area (Å²) in [5, 5.41) is 3.48. The van der Waals surface area contributed by atoms with Crippen molar-refractivity contribution in [2.75, 3.05) is 5.32 Å². The minimum absolute atomic E-state index is 0.176. The molecule has 3 rings (SSSR count). The van der Waals surface area contributed by atoms with E-state index in [0.29, 0.717) is 16.4 Å². The van der Waals surface area contributed by atoms with E-state index in [1.165, 1.54) is 0 Å². The summed E-state index contributed by atoms with van der Waals surface area (Å²) in [6.07, 6.45) is 3.55. The molecule has 0 aliphatic rings. The van der Waals surface area contributed by atoms with Gasteiger partial charge in [-0.2, -0.15) is 0 Å². The van der Waals surface area contributed by atoms with E-state index in [2.05, 4.69) is 17.2 Å². The molecule has 5 heteroatoms. The van der Waals surface area contributed by atoms with E-state index < -0.39 is 0 Å². The van der Waals surface area contributed by atoms with Crippen molar-refractivity contribution in [1.82, 2.24) is 9.38 Å². The van der Waals surface area contributed by atoms with Crippen molar-refractivity contribution < 1.29 is 4.79 Å². The molecule has 112 valence electrons. The number of nitrogens with one attached hydrogen (secondary N) is 1. The Bertz CT molecular complexity index is 826. The zero-order chi connectivity index (χ0) is 15.5. The summed E-state index contributed by atoms with van der Waals surface area (Å²) in [5.41, 5.74) is 2.85. The van der Waals surface area contributed by atoms with Crippen molar-refractivity contribution in [3.63, 3.8) is 0 Å². The fraction of sp³-hybridized carbons (Fsp3) is 0.176. The average Bonchev–Trinajstić information content (AvgIpc) is 2.85. The summed E-state index contributed by atoms with van der Waals surface area (Å²) in [4.78, 5) is 17.2. The highest BCUT2D eigenvalue weighted by molar-refractivity contribution is 6.30. The van der Waals surface area contributed by atoms with Gasteiger partial charge >= 0.3 is 0 Å². The number of aromatic nitrogens is 2. The highest BCUT2D eigenvalue weighted by Gasteiger charge is 2.18. The molecule has 0 radical (unpaired) electrons. The fourth-order valence-corrected chi connectivity index (χ4v) is 2.64. The number of hydrogen-bond donors (Lipinski definition) is 1. The van der Waals surface area contributed by atoms with Crippen LogP contribution in [-0.4, -0.2) is 15.3 Å². The zero-order valence-corrected chi connectivity index (χ0v) is 13.0. The Morgan fingerprint density at radius 3 is 2.91 bits per heavy atom. The molecule has 2 aromatic heterocycles. The molecule has 0 atom stereocenters. The zero-order valence-electron chi connectivity index (χ0n) is 12.2. The summed E-state index contributed by atoms with van der Waals surface area (Å²) < 4.78 is 1.82. The van der Waals surface area contributed by atoms with Gasteiger partial charge < -0.3 is 5.32 Å². The van der Waals surface area contributed by atoms with Gasteiger partial charge in [-0.15, -0.1) is 0 Å². The van der Waals surface area contributed by atoms with Gasteiger partial charge in [0.15, 0.2) is 0 Å². The summed E-state index contributed by atoms with van der Waals surface area (Å²) >= 11 is 5.96. The smallest absolute Gasteiger partial charge is 0.274 e. The van der Waals surface area contributed by atoms with Crippen LogP contribution in [0.1, 0.15) is 29.5 Å². The van der Waals surface area contributed by atoms with Gasteiger partial charge in [0.25, 0.3) is 5.91 Å². The number of rotatable bonds is 4. The minimum Gasteiger partial charge on any atom is -0.321 e. The van der Waals surface area contributed by atoms with E-state index >= 15 is 0 Å². The molecule has 0 unspecified atom stereocenters. The van der Waals surface area contributed by atoms with E-state index in [1.807, 2.05) is 34.9 Å². The quantitative estimate of drug-likeness (QED) is 0.785. The third-order valence-corrected chi connectivity index (χ3v) is 3.62. The van der Waals surface area contributed by atoms with Gasteiger partial charge in [0.2, 0.25) is 0 Å². The molecule has 1 amide bonds. The predicted octanol–water partition coefficient (Wildman–Crippen LogP) is 4.19. The lowest BCUT2D eigenvalue weighted by Crippen LogP contribution is -2.16. The van der Waals surface area contributed by atoms with Crippen LogP contribution in [0.5, 0.6) is 0 Å². The number of anilines is 1. The lowest BCUT2D eigenvalue weighted by molar-refractivity contribution is 0.102. The summed E-state index contributed by atoms with van der Waals surface area (Å²) in [7, 11) is 0. The van der Waals surface area contributed by atoms with Crippen LogP contribution in [-0.2, 0) is 6.42 Å². The molecule has 0 spiro atoms. The maximum absolute atomic E-state index is 12.7. The first-order chi connectivity index (χ1) is 10.7. The summed E-state index contributed by atoms with van der Waals surface area (Å²) in [5.74, 6) is -0.176. The van der Waals surface area contributed by atoms with E-state index in [0.717, 1.165) is 24.2 Å². The maximum atomic E-state index is 12.7. The monoisotopic (exact) mass is 313 g/mol. The second-order valence-corrected chi connectivity index (χ2v) is 5.49. The fourth-order valence-electron chi connectivity index (χ4n) is 2.45. The number of aryl methyl sites for hydroxylation is 1. The van der Waals surface area contributed by atoms with Crippen molar-refractivity contribution in [3.8, 4) is 0 Å². The Labute approximate surface area is 133 Å². The topological polar surface area (TPSA) is 46.4 Å². The van der Waals surface area contributed by atoms with Crippen molar-refractivity contribution in [2.45, 2.75) is 19.8 Å². The Morgan fingerprint density at radius 2 is 2.14 bits per heavy atom. The van der Waals surface area contributed by atoms with Crippen LogP contribution in [0.15, 0.2) is 48.7 Å². The number of benzene rings is 1. The van der Waals surface area contributed by atoms with Gasteiger partial charge in [-0.1, -0.05) is 37.1 Å². The molecule has 0 aliphatic heterocycles. The molecule has 0 aliphatic carbocycles. The maximum Gasteiger partial charge on any atom is 0.274 e. The molecule has 4 nitrogen and oxygen atoms in total. The van der Waals surface area contributed by atoms with Crippen LogP contribution in [0.3, 0.4) is 0 Å². The minimum atomic E-state index is -0.176. The van der Waals surface area contributed by atoms with Crippen LogP contribution in [0.25, 0.3) is 5.65 Å². The predicted molar refractivity (Wildman–Crippen MR) is 88.6 cm³/mol. The standard InChI is InChI=1S/C17H16ClN3O/c1-2-6-14-16(21-10-4-3-9-15(21)20-14)17(22)19-13-8-5-7-12(18)11-13/h3-5,7-11H,2,6H2,1H3,(H,19,22). The molecule has 0 saturated heterocycles. The molecule has 0 saturated carbocycles. The van der Waals surface area contributed by atoms with Gasteiger partial charge in [0, 0.05) is 16.9 Å². The number of hydrogen-bond acceptors (Lipinski definition) is 2. The Kier molecular flexibility index (Phi) is 4.11. The largest absolute Gasteiger partial charge is 0.321 e. The number of amides is 1. The van der Waals surface area contributed by atoms with Crippen molar-refractivity contribution >= 4 is 28.8 Å². The normalized spacial score (nSPS) is 10.8. The Hall–Kier alpha value is -2.33. The summed E-state index contributed by atoms with van der Waals surface area (Å²) in [6.45, 7) is 2.07. The lowest BCUT2D eigenvalue weighted by atomic mass is 10.2. The molecular weight excluding hydrogens is 298 g/mol. The van der Waals surface area contributed by atoms with Crippen LogP contribution in [0.4, 0.5) is 5.69 Å². The number of fused-ring (bicyclic) bond motifs is 1. The molecule has 3 aromatic rings. The first-order valence-electron chi connectivity index (χ1n) is 7.22. The molecular formula is C17H16ClN3O. The molecule has 0 bridgehead atoms. The highest BCUT2D eigenvalue weighted by atomic mass is 35.5. The van der Waals surface area contributed by atoms with Crippen LogP contribution in [0.2, 0.25) is 5.02 Å². The first-order valence-corrected chi connectivity index (χ1v) is 7.59. The number of carbonyl (C=O) groups is 1. The molecule has 0 fully saturated rings. The van der Waals surface area contributed by atoms with Crippen LogP contribution in [0, 0.1) is 0 Å². The molecule has 1 N–H and O–H groups in total. The lowest BCUT2D eigenvalue weighted by Gasteiger charge is -2.07. The van der Waals surface area contributed by atoms with Gasteiger partial charge in [0.05, 0.1) is 5.69 Å². The van der Waals surface area contributed by atoms with Crippen molar-refractivity contribution in [3.05, 3.63) is 65.1 Å². The van der Waals surface area contributed by atoms with Crippen LogP contribution < -0.4 is 5.32 Å². The van der Waals surface area contributed by atoms with Gasteiger partial charge in [-0.3, -0.25) is 9.20 Å². The number of carbonyl (C=O) groups excluding carboxylic acids is 1. The van der Waals surface area contributed by atoms with Gasteiger partial charge in [-0.05, 0) is 36.8 Å². The average molecular weight is 314 g/mol. The molecule has 2 heterocycles. The van der Waals surface area contributed by atoms with E-state index in [4.69, 9.17) is 11.6 Å². The molecule has 1 aromatic carbocycles. The number of pyridine rings is 1. The number of halogens is 1. The number of nitrogens with zero attached hydrogens (tertiary/aromatic N) is 2. The second kappa shape index (κ2) is 6.20. The third kappa shape index (κ3) is 2.83. The van der Waals surface area contributed by atoms with E-state index in [9.17, 15) is 4.79 Å². The number of imidazole rings is 1.